The molecule has 1 atom stereocenters. The maximum atomic E-state index is 13.7. The second kappa shape index (κ2) is 10.4. The highest BCUT2D eigenvalue weighted by atomic mass is 32.2. The summed E-state index contributed by atoms with van der Waals surface area (Å²) in [6, 6.07) is 25.9. The highest BCUT2D eigenvalue weighted by Crippen LogP contribution is 2.42. The van der Waals surface area contributed by atoms with E-state index in [1.54, 1.807) is 7.11 Å². The Labute approximate surface area is 209 Å². The Hall–Kier alpha value is -3.58. The first-order valence-electron chi connectivity index (χ1n) is 11.8. The summed E-state index contributed by atoms with van der Waals surface area (Å²) in [6.45, 7) is 2.67. The molecule has 0 radical (unpaired) electrons. The average Bonchev–Trinajstić information content (AvgIpc) is 3.65. The number of benzene rings is 3. The van der Waals surface area contributed by atoms with Gasteiger partial charge in [0.25, 0.3) is 0 Å². The second-order valence-electron chi connectivity index (χ2n) is 8.79. The van der Waals surface area contributed by atoms with Crippen LogP contribution in [0, 0.1) is 6.92 Å². The van der Waals surface area contributed by atoms with E-state index < -0.39 is 5.25 Å². The Morgan fingerprint density at radius 1 is 1.06 bits per heavy atom. The zero-order chi connectivity index (χ0) is 24.2. The number of aromatic nitrogens is 3. The minimum absolute atomic E-state index is 0.132. The lowest BCUT2D eigenvalue weighted by Crippen LogP contribution is -2.20. The predicted octanol–water partition coefficient (Wildman–Crippen LogP) is 5.99. The van der Waals surface area contributed by atoms with E-state index in [9.17, 15) is 4.79 Å². The van der Waals surface area contributed by atoms with Crippen LogP contribution in [0.15, 0.2) is 84.0 Å². The Kier molecular flexibility index (Phi) is 6.86. The van der Waals surface area contributed by atoms with Crippen LogP contribution in [-0.4, -0.2) is 27.8 Å². The molecule has 1 heterocycles. The van der Waals surface area contributed by atoms with Gasteiger partial charge in [0.2, 0.25) is 5.91 Å². The van der Waals surface area contributed by atoms with E-state index in [0.717, 1.165) is 34.9 Å². The maximum absolute atomic E-state index is 13.7. The number of anilines is 1. The molecule has 1 fully saturated rings. The molecule has 3 aromatic carbocycles. The van der Waals surface area contributed by atoms with Crippen LogP contribution in [0.2, 0.25) is 0 Å². The lowest BCUT2D eigenvalue weighted by Gasteiger charge is -2.19. The third-order valence-electron chi connectivity index (χ3n) is 6.05. The molecule has 1 aliphatic rings. The van der Waals surface area contributed by atoms with Crippen LogP contribution in [0.5, 0.6) is 5.75 Å². The number of aryl methyl sites for hydroxylation is 1. The first-order valence-corrected chi connectivity index (χ1v) is 12.6. The number of ether oxygens (including phenoxy) is 1. The SMILES string of the molecule is COc1ccc(C)cc1NC(=O)[C@@H](Sc1nnc(C2CC2)n1Cc1ccccc1)c1ccccc1. The van der Waals surface area contributed by atoms with Crippen molar-refractivity contribution in [2.45, 2.75) is 42.6 Å². The largest absolute Gasteiger partial charge is 0.495 e. The molecular formula is C28H28N4O2S. The summed E-state index contributed by atoms with van der Waals surface area (Å²) < 4.78 is 7.65. The van der Waals surface area contributed by atoms with Crippen molar-refractivity contribution in [2.75, 3.05) is 12.4 Å². The van der Waals surface area contributed by atoms with Crippen LogP contribution in [-0.2, 0) is 11.3 Å². The Morgan fingerprint density at radius 2 is 1.77 bits per heavy atom. The summed E-state index contributed by atoms with van der Waals surface area (Å²) in [5.41, 5.74) is 3.79. The lowest BCUT2D eigenvalue weighted by atomic mass is 10.1. The molecule has 35 heavy (non-hydrogen) atoms. The summed E-state index contributed by atoms with van der Waals surface area (Å²) >= 11 is 1.44. The molecule has 0 bridgehead atoms. The van der Waals surface area contributed by atoms with Crippen molar-refractivity contribution in [1.82, 2.24) is 14.8 Å². The fourth-order valence-electron chi connectivity index (χ4n) is 4.07. The van der Waals surface area contributed by atoms with E-state index in [1.165, 1.54) is 17.3 Å². The van der Waals surface area contributed by atoms with Crippen LogP contribution in [0.1, 0.15) is 46.5 Å². The van der Waals surface area contributed by atoms with Crippen LogP contribution >= 0.6 is 11.8 Å². The van der Waals surface area contributed by atoms with Crippen LogP contribution in [0.3, 0.4) is 0 Å². The summed E-state index contributed by atoms with van der Waals surface area (Å²) in [5, 5.41) is 12.4. The van der Waals surface area contributed by atoms with Gasteiger partial charge in [-0.2, -0.15) is 0 Å². The highest BCUT2D eigenvalue weighted by molar-refractivity contribution is 8.00. The van der Waals surface area contributed by atoms with E-state index in [1.807, 2.05) is 73.7 Å². The number of rotatable bonds is 9. The van der Waals surface area contributed by atoms with E-state index >= 15 is 0 Å². The predicted molar refractivity (Wildman–Crippen MR) is 139 cm³/mol. The monoisotopic (exact) mass is 484 g/mol. The first kappa shape index (κ1) is 23.2. The normalized spacial score (nSPS) is 13.9. The van der Waals surface area contributed by atoms with Crippen molar-refractivity contribution in [3.63, 3.8) is 0 Å². The van der Waals surface area contributed by atoms with Gasteiger partial charge >= 0.3 is 0 Å². The van der Waals surface area contributed by atoms with Gasteiger partial charge in [0.1, 0.15) is 16.8 Å². The highest BCUT2D eigenvalue weighted by Gasteiger charge is 2.32. The number of nitrogens with one attached hydrogen (secondary N) is 1. The van der Waals surface area contributed by atoms with Crippen molar-refractivity contribution in [3.05, 3.63) is 101 Å². The van der Waals surface area contributed by atoms with Crippen LogP contribution < -0.4 is 10.1 Å². The molecule has 0 saturated heterocycles. The molecular weight excluding hydrogens is 456 g/mol. The third-order valence-corrected chi connectivity index (χ3v) is 7.28. The minimum atomic E-state index is -0.507. The molecule has 7 heteroatoms. The lowest BCUT2D eigenvalue weighted by molar-refractivity contribution is -0.115. The smallest absolute Gasteiger partial charge is 0.242 e. The number of amides is 1. The van der Waals surface area contributed by atoms with Crippen LogP contribution in [0.4, 0.5) is 5.69 Å². The summed E-state index contributed by atoms with van der Waals surface area (Å²) in [5.74, 6) is 1.95. The molecule has 6 nitrogen and oxygen atoms in total. The molecule has 0 aliphatic heterocycles. The molecule has 1 N–H and O–H groups in total. The number of nitrogens with zero attached hydrogens (tertiary/aromatic N) is 3. The van der Waals surface area contributed by atoms with Gasteiger partial charge in [0.15, 0.2) is 5.16 Å². The number of carbonyl (C=O) groups excluding carboxylic acids is 1. The average molecular weight is 485 g/mol. The van der Waals surface area contributed by atoms with Gasteiger partial charge in [0.05, 0.1) is 19.3 Å². The fourth-order valence-corrected chi connectivity index (χ4v) is 5.11. The van der Waals surface area contributed by atoms with Gasteiger partial charge in [-0.1, -0.05) is 78.5 Å². The Balaban J connectivity index is 1.47. The molecule has 0 spiro atoms. The summed E-state index contributed by atoms with van der Waals surface area (Å²) in [4.78, 5) is 13.7. The number of methoxy groups -OCH3 is 1. The zero-order valence-electron chi connectivity index (χ0n) is 19.8. The van der Waals surface area contributed by atoms with E-state index in [-0.39, 0.29) is 5.91 Å². The van der Waals surface area contributed by atoms with Gasteiger partial charge < -0.3 is 14.6 Å². The molecule has 5 rings (SSSR count). The van der Waals surface area contributed by atoms with E-state index in [0.29, 0.717) is 23.9 Å². The number of hydrogen-bond donors (Lipinski definition) is 1. The van der Waals surface area contributed by atoms with Gasteiger partial charge in [-0.3, -0.25) is 4.79 Å². The quantitative estimate of drug-likeness (QED) is 0.295. The molecule has 0 unspecified atom stereocenters. The van der Waals surface area contributed by atoms with E-state index in [2.05, 4.69) is 32.2 Å². The van der Waals surface area contributed by atoms with Gasteiger partial charge in [-0.15, -0.1) is 10.2 Å². The second-order valence-corrected chi connectivity index (χ2v) is 9.86. The fraction of sp³-hybridized carbons (Fsp3) is 0.250. The molecule has 1 aromatic heterocycles. The third kappa shape index (κ3) is 5.41. The number of hydrogen-bond acceptors (Lipinski definition) is 5. The van der Waals surface area contributed by atoms with Crippen molar-refractivity contribution in [3.8, 4) is 5.75 Å². The first-order chi connectivity index (χ1) is 17.1. The summed E-state index contributed by atoms with van der Waals surface area (Å²) in [6.07, 6.45) is 2.26. The number of carbonyl (C=O) groups is 1. The zero-order valence-corrected chi connectivity index (χ0v) is 20.7. The summed E-state index contributed by atoms with van der Waals surface area (Å²) in [7, 11) is 1.61. The Morgan fingerprint density at radius 3 is 2.46 bits per heavy atom. The van der Waals surface area contributed by atoms with E-state index in [4.69, 9.17) is 4.74 Å². The van der Waals surface area contributed by atoms with Crippen molar-refractivity contribution >= 4 is 23.4 Å². The minimum Gasteiger partial charge on any atom is -0.495 e. The molecule has 178 valence electrons. The molecule has 1 saturated carbocycles. The molecule has 4 aromatic rings. The standard InChI is InChI=1S/C28H28N4O2S/c1-19-13-16-24(34-2)23(17-19)29-27(33)25(21-11-7-4-8-12-21)35-28-31-30-26(22-14-15-22)32(28)18-20-9-5-3-6-10-20/h3-13,16-17,22,25H,14-15,18H2,1-2H3,(H,29,33)/t25-/m0/s1. The van der Waals surface area contributed by atoms with Crippen molar-refractivity contribution in [1.29, 1.82) is 0 Å². The molecule has 1 aliphatic carbocycles. The van der Waals surface area contributed by atoms with Gasteiger partial charge in [0, 0.05) is 5.92 Å². The Bertz CT molecular complexity index is 1300. The van der Waals surface area contributed by atoms with Crippen molar-refractivity contribution in [2.24, 2.45) is 0 Å². The van der Waals surface area contributed by atoms with Gasteiger partial charge in [-0.25, -0.2) is 0 Å². The van der Waals surface area contributed by atoms with Crippen molar-refractivity contribution < 1.29 is 9.53 Å². The van der Waals surface area contributed by atoms with Gasteiger partial charge in [-0.05, 0) is 48.6 Å². The number of thioether (sulfide) groups is 1. The molecule has 1 amide bonds. The van der Waals surface area contributed by atoms with Crippen LogP contribution in [0.25, 0.3) is 0 Å². The topological polar surface area (TPSA) is 69.0 Å². The maximum Gasteiger partial charge on any atom is 0.242 e.